The van der Waals surface area contributed by atoms with Crippen LogP contribution in [0.2, 0.25) is 0 Å². The summed E-state index contributed by atoms with van der Waals surface area (Å²) in [6.07, 6.45) is -4.57. The molecule has 12 heteroatoms. The topological polar surface area (TPSA) is 73.9 Å². The Hall–Kier alpha value is -3.02. The Morgan fingerprint density at radius 2 is 1.67 bits per heavy atom. The molecule has 1 N–H and O–H groups in total. The maximum Gasteiger partial charge on any atom is 0.397 e. The van der Waals surface area contributed by atoms with Crippen molar-refractivity contribution in [1.82, 2.24) is 0 Å². The first-order valence-electron chi connectivity index (χ1n) is 10.6. The Kier molecular flexibility index (Phi) is 9.97. The Labute approximate surface area is 209 Å². The minimum absolute atomic E-state index is 0.0627. The van der Waals surface area contributed by atoms with Crippen molar-refractivity contribution in [3.63, 3.8) is 0 Å². The molecule has 0 aromatic heterocycles. The van der Waals surface area contributed by atoms with Crippen LogP contribution < -0.4 is 14.8 Å². The number of halogens is 5. The third-order valence-corrected chi connectivity index (χ3v) is 5.59. The third-order valence-electron chi connectivity index (χ3n) is 4.54. The number of nitrogens with one attached hydrogen (secondary N) is 1. The minimum atomic E-state index is -4.40. The molecule has 2 aromatic carbocycles. The molecule has 0 saturated heterocycles. The van der Waals surface area contributed by atoms with E-state index in [1.165, 1.54) is 43.5 Å². The fourth-order valence-electron chi connectivity index (χ4n) is 2.76. The maximum atomic E-state index is 12.9. The highest BCUT2D eigenvalue weighted by Gasteiger charge is 2.27. The summed E-state index contributed by atoms with van der Waals surface area (Å²) >= 11 is 0.570. The first kappa shape index (κ1) is 29.2. The predicted molar refractivity (Wildman–Crippen MR) is 126 cm³/mol. The molecule has 6 nitrogen and oxygen atoms in total. The number of thioether (sulfide) groups is 1. The van der Waals surface area contributed by atoms with Crippen LogP contribution in [0, 0.1) is 5.41 Å². The van der Waals surface area contributed by atoms with E-state index in [-0.39, 0.29) is 40.9 Å². The van der Waals surface area contributed by atoms with E-state index in [9.17, 15) is 31.5 Å². The number of carbonyl (C=O) groups is 2. The summed E-state index contributed by atoms with van der Waals surface area (Å²) in [5.41, 5.74) is 0.258. The summed E-state index contributed by atoms with van der Waals surface area (Å²) in [7, 11) is 1.19. The van der Waals surface area contributed by atoms with E-state index < -0.39 is 29.9 Å². The molecule has 0 aliphatic carbocycles. The van der Waals surface area contributed by atoms with Crippen molar-refractivity contribution >= 4 is 29.3 Å². The summed E-state index contributed by atoms with van der Waals surface area (Å²) in [5.74, 6) is -2.61. The SMILES string of the molecule is COC(=O)Cc1ccc(OC(F)F)c(Oc2ccc(NC(=O)C(C)(C)C)cc2CSCC(F)(F)F)c1. The van der Waals surface area contributed by atoms with Crippen molar-refractivity contribution in [1.29, 1.82) is 0 Å². The lowest BCUT2D eigenvalue weighted by molar-refractivity contribution is -0.139. The number of rotatable bonds is 10. The van der Waals surface area contributed by atoms with E-state index in [1.54, 1.807) is 20.8 Å². The van der Waals surface area contributed by atoms with Crippen LogP contribution in [0.4, 0.5) is 27.6 Å². The van der Waals surface area contributed by atoms with Gasteiger partial charge in [0.1, 0.15) is 5.75 Å². The fourth-order valence-corrected chi connectivity index (χ4v) is 3.54. The lowest BCUT2D eigenvalue weighted by Crippen LogP contribution is -2.27. The van der Waals surface area contributed by atoms with Gasteiger partial charge in [0.25, 0.3) is 0 Å². The average Bonchev–Trinajstić information content (AvgIpc) is 2.75. The summed E-state index contributed by atoms with van der Waals surface area (Å²) in [6.45, 7) is 1.93. The number of carbonyl (C=O) groups excluding carboxylic acids is 2. The lowest BCUT2D eigenvalue weighted by Gasteiger charge is -2.19. The lowest BCUT2D eigenvalue weighted by atomic mass is 9.95. The highest BCUT2D eigenvalue weighted by atomic mass is 32.2. The molecule has 0 saturated carbocycles. The molecule has 0 atom stereocenters. The van der Waals surface area contributed by atoms with E-state index in [0.717, 1.165) is 0 Å². The zero-order valence-electron chi connectivity index (χ0n) is 20.0. The van der Waals surface area contributed by atoms with Crippen LogP contribution in [-0.2, 0) is 26.5 Å². The number of methoxy groups -OCH3 is 1. The summed E-state index contributed by atoms with van der Waals surface area (Å²) in [6, 6.07) is 8.21. The molecule has 36 heavy (non-hydrogen) atoms. The van der Waals surface area contributed by atoms with Gasteiger partial charge in [-0.25, -0.2) is 0 Å². The van der Waals surface area contributed by atoms with Gasteiger partial charge in [-0.1, -0.05) is 26.8 Å². The molecule has 0 radical (unpaired) electrons. The van der Waals surface area contributed by atoms with Crippen molar-refractivity contribution in [2.75, 3.05) is 18.2 Å². The van der Waals surface area contributed by atoms with Gasteiger partial charge in [-0.15, -0.1) is 11.8 Å². The number of hydrogen-bond donors (Lipinski definition) is 1. The van der Waals surface area contributed by atoms with Gasteiger partial charge in [-0.05, 0) is 35.9 Å². The average molecular weight is 536 g/mol. The smallest absolute Gasteiger partial charge is 0.397 e. The second-order valence-corrected chi connectivity index (χ2v) is 9.63. The van der Waals surface area contributed by atoms with E-state index in [1.807, 2.05) is 0 Å². The highest BCUT2D eigenvalue weighted by molar-refractivity contribution is 7.98. The first-order valence-corrected chi connectivity index (χ1v) is 11.7. The Morgan fingerprint density at radius 3 is 2.25 bits per heavy atom. The first-order chi connectivity index (χ1) is 16.7. The van der Waals surface area contributed by atoms with E-state index in [4.69, 9.17) is 4.74 Å². The molecule has 2 aromatic rings. The number of amides is 1. The largest absolute Gasteiger partial charge is 0.469 e. The third kappa shape index (κ3) is 9.56. The second-order valence-electron chi connectivity index (χ2n) is 8.65. The summed E-state index contributed by atoms with van der Waals surface area (Å²) in [5, 5.41) is 2.69. The molecule has 0 aliphatic rings. The summed E-state index contributed by atoms with van der Waals surface area (Å²) < 4.78 is 78.9. The number of anilines is 1. The highest BCUT2D eigenvalue weighted by Crippen LogP contribution is 2.38. The Bertz CT molecular complexity index is 1070. The van der Waals surface area contributed by atoms with Gasteiger partial charge >= 0.3 is 18.8 Å². The molecule has 198 valence electrons. The van der Waals surface area contributed by atoms with Crippen LogP contribution in [0.5, 0.6) is 17.2 Å². The van der Waals surface area contributed by atoms with Crippen molar-refractivity contribution in [3.8, 4) is 17.2 Å². The monoisotopic (exact) mass is 535 g/mol. The maximum absolute atomic E-state index is 12.9. The minimum Gasteiger partial charge on any atom is -0.469 e. The van der Waals surface area contributed by atoms with E-state index in [2.05, 4.69) is 14.8 Å². The number of hydrogen-bond acceptors (Lipinski definition) is 6. The second kappa shape index (κ2) is 12.3. The van der Waals surface area contributed by atoms with Gasteiger partial charge in [-0.3, -0.25) is 9.59 Å². The van der Waals surface area contributed by atoms with Gasteiger partial charge in [0.05, 0.1) is 19.3 Å². The van der Waals surface area contributed by atoms with Gasteiger partial charge in [0.15, 0.2) is 11.5 Å². The van der Waals surface area contributed by atoms with Crippen molar-refractivity contribution < 1.29 is 45.8 Å². The van der Waals surface area contributed by atoms with Crippen LogP contribution >= 0.6 is 11.8 Å². The number of ether oxygens (including phenoxy) is 3. The molecule has 0 fully saturated rings. The number of alkyl halides is 5. The summed E-state index contributed by atoms with van der Waals surface area (Å²) in [4.78, 5) is 24.0. The van der Waals surface area contributed by atoms with Crippen LogP contribution in [0.1, 0.15) is 31.9 Å². The Morgan fingerprint density at radius 1 is 1.00 bits per heavy atom. The quantitative estimate of drug-likeness (QED) is 0.274. The molecule has 0 aliphatic heterocycles. The Balaban J connectivity index is 2.43. The van der Waals surface area contributed by atoms with E-state index >= 15 is 0 Å². The van der Waals surface area contributed by atoms with Gasteiger partial charge in [0.2, 0.25) is 5.91 Å². The molecule has 2 rings (SSSR count). The van der Waals surface area contributed by atoms with Crippen LogP contribution in [0.15, 0.2) is 36.4 Å². The number of esters is 1. The van der Waals surface area contributed by atoms with Crippen molar-refractivity contribution in [2.24, 2.45) is 5.41 Å². The fraction of sp³-hybridized carbons (Fsp3) is 0.417. The predicted octanol–water partition coefficient (Wildman–Crippen LogP) is 6.58. The van der Waals surface area contributed by atoms with Crippen LogP contribution in [0.3, 0.4) is 0 Å². The zero-order valence-corrected chi connectivity index (χ0v) is 20.8. The molecule has 0 unspecified atom stereocenters. The van der Waals surface area contributed by atoms with Gasteiger partial charge in [-0.2, -0.15) is 22.0 Å². The molecule has 0 spiro atoms. The normalized spacial score (nSPS) is 11.8. The molecule has 0 heterocycles. The van der Waals surface area contributed by atoms with Crippen LogP contribution in [0.25, 0.3) is 0 Å². The van der Waals surface area contributed by atoms with Crippen LogP contribution in [-0.4, -0.2) is 37.5 Å². The van der Waals surface area contributed by atoms with Gasteiger partial charge < -0.3 is 19.5 Å². The van der Waals surface area contributed by atoms with Crippen molar-refractivity contribution in [3.05, 3.63) is 47.5 Å². The molecular weight excluding hydrogens is 509 g/mol. The van der Waals surface area contributed by atoms with E-state index in [0.29, 0.717) is 23.0 Å². The molecular formula is C24H26F5NO5S. The standard InChI is InChI=1S/C24H26F5NO5S/c1-23(2,3)21(32)30-16-6-8-17(15(11-16)12-36-13-24(27,28)29)34-19-9-14(10-20(31)33-4)5-7-18(19)35-22(25)26/h5-9,11,22H,10,12-13H2,1-4H3,(H,30,32). The van der Waals surface area contributed by atoms with Gasteiger partial charge in [0, 0.05) is 22.4 Å². The zero-order chi connectivity index (χ0) is 27.1. The van der Waals surface area contributed by atoms with Crippen molar-refractivity contribution in [2.45, 2.75) is 45.7 Å². The molecule has 0 bridgehead atoms. The number of benzene rings is 2. The molecule has 1 amide bonds.